The number of nitrogens with zero attached hydrogens (tertiary/aromatic N) is 2. The Kier molecular flexibility index (Phi) is 6.68. The molecule has 2 aromatic rings. The minimum absolute atomic E-state index is 0.0985. The number of nitrogens with one attached hydrogen (secondary N) is 1. The van der Waals surface area contributed by atoms with Crippen molar-refractivity contribution in [1.82, 2.24) is 15.1 Å². The quantitative estimate of drug-likeness (QED) is 0.617. The van der Waals surface area contributed by atoms with Crippen molar-refractivity contribution in [2.24, 2.45) is 0 Å². The molecule has 0 aromatic heterocycles. The van der Waals surface area contributed by atoms with Crippen LogP contribution in [0.4, 0.5) is 4.39 Å². The molecule has 190 valence electrons. The van der Waals surface area contributed by atoms with Crippen LogP contribution in [0, 0.1) is 5.82 Å². The van der Waals surface area contributed by atoms with E-state index in [4.69, 9.17) is 0 Å². The zero-order chi connectivity index (χ0) is 25.4. The van der Waals surface area contributed by atoms with Gasteiger partial charge in [0.05, 0.1) is 0 Å². The first-order valence-corrected chi connectivity index (χ1v) is 13.0. The van der Waals surface area contributed by atoms with Crippen molar-refractivity contribution in [2.45, 2.75) is 69.9 Å². The summed E-state index contributed by atoms with van der Waals surface area (Å²) >= 11 is 0. The summed E-state index contributed by atoms with van der Waals surface area (Å²) in [6.07, 6.45) is 3.40. The third-order valence-corrected chi connectivity index (χ3v) is 8.29. The first-order valence-electron chi connectivity index (χ1n) is 13.0. The second-order valence-electron chi connectivity index (χ2n) is 11.0. The smallest absolute Gasteiger partial charge is 0.255 e. The molecule has 36 heavy (non-hydrogen) atoms. The molecule has 0 aliphatic carbocycles. The average Bonchev–Trinajstić information content (AvgIpc) is 3.19. The van der Waals surface area contributed by atoms with Crippen LogP contribution in [0.5, 0.6) is 0 Å². The molecule has 6 nitrogen and oxygen atoms in total. The maximum absolute atomic E-state index is 14.6. The van der Waals surface area contributed by atoms with E-state index in [1.807, 2.05) is 6.07 Å². The van der Waals surface area contributed by atoms with Crippen LogP contribution in [0.25, 0.3) is 0 Å². The largest absolute Gasteiger partial charge is 0.322 e. The van der Waals surface area contributed by atoms with Gasteiger partial charge in [0.25, 0.3) is 5.91 Å². The van der Waals surface area contributed by atoms with Gasteiger partial charge in [0.2, 0.25) is 11.8 Å². The molecule has 0 radical (unpaired) electrons. The molecule has 3 aliphatic rings. The number of likely N-dealkylation sites (tertiary alicyclic amines) is 1. The molecule has 3 aliphatic heterocycles. The number of halogens is 1. The summed E-state index contributed by atoms with van der Waals surface area (Å²) < 4.78 is 14.6. The van der Waals surface area contributed by atoms with Crippen molar-refractivity contribution in [3.63, 3.8) is 0 Å². The van der Waals surface area contributed by atoms with Crippen LogP contribution in [0.1, 0.15) is 78.9 Å². The lowest BCUT2D eigenvalue weighted by Crippen LogP contribution is -2.52. The van der Waals surface area contributed by atoms with Gasteiger partial charge in [0.15, 0.2) is 0 Å². The van der Waals surface area contributed by atoms with Gasteiger partial charge >= 0.3 is 0 Å². The van der Waals surface area contributed by atoms with E-state index in [0.29, 0.717) is 18.5 Å². The van der Waals surface area contributed by atoms with E-state index in [1.165, 1.54) is 16.5 Å². The summed E-state index contributed by atoms with van der Waals surface area (Å²) in [6, 6.07) is 12.8. The fourth-order valence-electron chi connectivity index (χ4n) is 5.96. The van der Waals surface area contributed by atoms with E-state index >= 15 is 0 Å². The molecule has 0 saturated carbocycles. The van der Waals surface area contributed by atoms with Crippen LogP contribution in [0.2, 0.25) is 0 Å². The fourth-order valence-corrected chi connectivity index (χ4v) is 5.96. The second kappa shape index (κ2) is 9.77. The highest BCUT2D eigenvalue weighted by molar-refractivity contribution is 6.05. The molecule has 1 atom stereocenters. The number of hydrogen-bond donors (Lipinski definition) is 1. The number of carbonyl (C=O) groups is 3. The Balaban J connectivity index is 1.25. The zero-order valence-corrected chi connectivity index (χ0v) is 21.1. The highest BCUT2D eigenvalue weighted by atomic mass is 19.1. The fraction of sp³-hybridized carbons (Fsp3) is 0.483. The lowest BCUT2D eigenvalue weighted by Gasteiger charge is -2.35. The number of benzene rings is 2. The van der Waals surface area contributed by atoms with E-state index in [9.17, 15) is 18.8 Å². The van der Waals surface area contributed by atoms with Gasteiger partial charge in [0, 0.05) is 18.5 Å². The lowest BCUT2D eigenvalue weighted by molar-refractivity contribution is -0.136. The normalized spacial score (nSPS) is 21.6. The molecule has 3 amide bonds. The lowest BCUT2D eigenvalue weighted by atomic mass is 9.81. The summed E-state index contributed by atoms with van der Waals surface area (Å²) in [5.41, 5.74) is 3.55. The summed E-state index contributed by atoms with van der Waals surface area (Å²) in [7, 11) is 0. The van der Waals surface area contributed by atoms with Crippen LogP contribution in [-0.2, 0) is 21.5 Å². The number of amides is 3. The third-order valence-electron chi connectivity index (χ3n) is 8.29. The molecule has 1 unspecified atom stereocenters. The first kappa shape index (κ1) is 24.6. The van der Waals surface area contributed by atoms with Crippen LogP contribution >= 0.6 is 0 Å². The van der Waals surface area contributed by atoms with Crippen molar-refractivity contribution in [3.8, 4) is 0 Å². The van der Waals surface area contributed by atoms with Crippen molar-refractivity contribution in [3.05, 3.63) is 70.5 Å². The molecule has 1 N–H and O–H groups in total. The van der Waals surface area contributed by atoms with E-state index in [1.54, 1.807) is 6.07 Å². The summed E-state index contributed by atoms with van der Waals surface area (Å²) in [6.45, 7) is 7.75. The molecule has 0 bridgehead atoms. The molecule has 2 fully saturated rings. The highest BCUT2D eigenvalue weighted by Crippen LogP contribution is 2.38. The molecule has 2 aromatic carbocycles. The van der Waals surface area contributed by atoms with Gasteiger partial charge in [-0.1, -0.05) is 44.2 Å². The monoisotopic (exact) mass is 491 g/mol. The van der Waals surface area contributed by atoms with Gasteiger partial charge in [-0.3, -0.25) is 19.7 Å². The standard InChI is InChI=1S/C29H34FN3O3/c1-29(2,20-6-4-3-5-7-20)12-15-32-13-10-19(11-14-32)22-16-21(30)17-23-24(22)18-33(28(23)36)25-8-9-26(34)31-27(25)35/h3-7,16-17,19,25H,8-15,18H2,1-2H3,(H,31,34,35). The van der Waals surface area contributed by atoms with Crippen molar-refractivity contribution >= 4 is 17.7 Å². The minimum Gasteiger partial charge on any atom is -0.322 e. The van der Waals surface area contributed by atoms with Crippen LogP contribution in [-0.4, -0.2) is 53.2 Å². The van der Waals surface area contributed by atoms with Gasteiger partial charge in [-0.2, -0.15) is 0 Å². The van der Waals surface area contributed by atoms with Gasteiger partial charge in [0.1, 0.15) is 11.9 Å². The van der Waals surface area contributed by atoms with Crippen LogP contribution in [0.15, 0.2) is 42.5 Å². The highest BCUT2D eigenvalue weighted by Gasteiger charge is 2.41. The topological polar surface area (TPSA) is 69.7 Å². The Morgan fingerprint density at radius 3 is 2.44 bits per heavy atom. The number of imide groups is 1. The maximum atomic E-state index is 14.6. The van der Waals surface area contributed by atoms with Crippen LogP contribution in [0.3, 0.4) is 0 Å². The van der Waals surface area contributed by atoms with E-state index in [0.717, 1.165) is 50.0 Å². The molecule has 5 rings (SSSR count). The Morgan fingerprint density at radius 1 is 1.03 bits per heavy atom. The summed E-state index contributed by atoms with van der Waals surface area (Å²) in [5, 5.41) is 2.33. The Morgan fingerprint density at radius 2 is 1.75 bits per heavy atom. The molecule has 2 saturated heterocycles. The molecule has 7 heteroatoms. The van der Waals surface area contributed by atoms with Crippen LogP contribution < -0.4 is 5.32 Å². The molecule has 0 spiro atoms. The maximum Gasteiger partial charge on any atom is 0.255 e. The van der Waals surface area contributed by atoms with E-state index in [2.05, 4.69) is 48.3 Å². The average molecular weight is 492 g/mol. The van der Waals surface area contributed by atoms with Crippen molar-refractivity contribution in [1.29, 1.82) is 0 Å². The van der Waals surface area contributed by atoms with Crippen molar-refractivity contribution in [2.75, 3.05) is 19.6 Å². The predicted molar refractivity (Wildman–Crippen MR) is 135 cm³/mol. The van der Waals surface area contributed by atoms with E-state index < -0.39 is 17.8 Å². The van der Waals surface area contributed by atoms with Gasteiger partial charge in [-0.05, 0) is 85.5 Å². The Bertz CT molecular complexity index is 1170. The molecular formula is C29H34FN3O3. The molecular weight excluding hydrogens is 457 g/mol. The Hall–Kier alpha value is -3.06. The third kappa shape index (κ3) is 4.81. The van der Waals surface area contributed by atoms with Crippen molar-refractivity contribution < 1.29 is 18.8 Å². The summed E-state index contributed by atoms with van der Waals surface area (Å²) in [5.74, 6) is -1.30. The van der Waals surface area contributed by atoms with Gasteiger partial charge in [-0.25, -0.2) is 4.39 Å². The Labute approximate surface area is 211 Å². The first-order chi connectivity index (χ1) is 17.2. The summed E-state index contributed by atoms with van der Waals surface area (Å²) in [4.78, 5) is 41.1. The second-order valence-corrected chi connectivity index (χ2v) is 11.0. The zero-order valence-electron chi connectivity index (χ0n) is 21.1. The number of fused-ring (bicyclic) bond motifs is 1. The minimum atomic E-state index is -0.687. The predicted octanol–water partition coefficient (Wildman–Crippen LogP) is 4.13. The number of piperidine rings is 2. The number of rotatable bonds is 6. The van der Waals surface area contributed by atoms with E-state index in [-0.39, 0.29) is 29.6 Å². The number of carbonyl (C=O) groups excluding carboxylic acids is 3. The number of hydrogen-bond acceptors (Lipinski definition) is 4. The van der Waals surface area contributed by atoms with Gasteiger partial charge in [-0.15, -0.1) is 0 Å². The molecule has 3 heterocycles. The SMILES string of the molecule is CC(C)(CCN1CCC(c2cc(F)cc3c2CN(C2CCC(=O)NC2=O)C3=O)CC1)c1ccccc1. The van der Waals surface area contributed by atoms with Gasteiger partial charge < -0.3 is 9.80 Å².